The Hall–Kier alpha value is 1.47. The molecule has 0 saturated carbocycles. The minimum atomic E-state index is 0. The zero-order valence-corrected chi connectivity index (χ0v) is 4.68. The van der Waals surface area contributed by atoms with Crippen molar-refractivity contribution in [2.45, 2.75) is 19.8 Å². The van der Waals surface area contributed by atoms with Crippen LogP contribution < -0.4 is 0 Å². The first kappa shape index (κ1) is 16.8. The van der Waals surface area contributed by atoms with Gasteiger partial charge in [-0.2, -0.15) is 0 Å². The molecule has 0 amide bonds. The van der Waals surface area contributed by atoms with Gasteiger partial charge in [-0.3, -0.25) is 0 Å². The Balaban J connectivity index is -0.000000180. The van der Waals surface area contributed by atoms with Crippen molar-refractivity contribution in [2.75, 3.05) is 6.54 Å². The van der Waals surface area contributed by atoms with Crippen LogP contribution in [0, 0.1) is 5.21 Å². The third kappa shape index (κ3) is 17.7. The summed E-state index contributed by atoms with van der Waals surface area (Å²) in [6, 6.07) is 0. The average molecular weight is 149 g/mol. The second kappa shape index (κ2) is 12.2. The molecule has 0 spiro atoms. The fraction of sp³-hybridized carbons (Fsp3) is 0.800. The monoisotopic (exact) mass is 149 g/mol. The molecule has 0 fully saturated rings. The van der Waals surface area contributed by atoms with E-state index in [1.807, 2.05) is 6.92 Å². The summed E-state index contributed by atoms with van der Waals surface area (Å²) >= 11 is 0. The predicted octanol–water partition coefficient (Wildman–Crippen LogP) is -0.300. The van der Waals surface area contributed by atoms with Gasteiger partial charge in [0.15, 0.2) is 6.54 Å². The number of nitrogens with zero attached hydrogens (tertiary/aromatic N) is 1. The van der Waals surface area contributed by atoms with Crippen molar-refractivity contribution in [1.29, 1.82) is 0 Å². The van der Waals surface area contributed by atoms with Crippen molar-refractivity contribution in [3.8, 4) is 0 Å². The van der Waals surface area contributed by atoms with E-state index in [0.717, 1.165) is 12.8 Å². The average Bonchev–Trinajstić information content (AvgIpc) is 1.61. The number of unbranched alkanes of at least 4 members (excludes halogenated alkanes) is 1. The van der Waals surface area contributed by atoms with Gasteiger partial charge in [0, 0.05) is 6.42 Å². The molecule has 0 rings (SSSR count). The first-order valence-electron chi connectivity index (χ1n) is 2.52. The third-order valence-electron chi connectivity index (χ3n) is 0.761. The van der Waals surface area contributed by atoms with Crippen molar-refractivity contribution >= 4 is 65.8 Å². The molecule has 0 unspecified atom stereocenters. The molecule has 0 heterocycles. The van der Waals surface area contributed by atoms with E-state index in [1.165, 1.54) is 0 Å². The van der Waals surface area contributed by atoms with Crippen LogP contribution in [-0.4, -0.2) is 77.1 Å². The van der Waals surface area contributed by atoms with Gasteiger partial charge in [-0.15, -0.1) is 0 Å². The van der Waals surface area contributed by atoms with Gasteiger partial charge in [0.2, 0.25) is 0 Å². The summed E-state index contributed by atoms with van der Waals surface area (Å²) in [5.74, 6) is 0. The molecule has 0 aliphatic heterocycles. The number of hydroxylamine groups is 1. The summed E-state index contributed by atoms with van der Waals surface area (Å²) in [7, 11) is 0. The summed E-state index contributed by atoms with van der Waals surface area (Å²) in [6.07, 6.45) is 2.02. The van der Waals surface area contributed by atoms with Crippen molar-refractivity contribution < 1.29 is 4.74 Å². The molecule has 0 bridgehead atoms. The van der Waals surface area contributed by atoms with Gasteiger partial charge < -0.3 is 5.21 Å². The third-order valence-corrected chi connectivity index (χ3v) is 0.761. The molecular weight excluding hydrogens is 136 g/mol. The van der Waals surface area contributed by atoms with E-state index in [2.05, 4.69) is 6.72 Å². The van der Waals surface area contributed by atoms with Crippen LogP contribution >= 0.6 is 0 Å². The minimum absolute atomic E-state index is 0. The van der Waals surface area contributed by atoms with E-state index in [4.69, 9.17) is 0 Å². The van der Waals surface area contributed by atoms with Crippen LogP contribution in [0.1, 0.15) is 19.8 Å². The van der Waals surface area contributed by atoms with E-state index < -0.39 is 0 Å². The van der Waals surface area contributed by atoms with Gasteiger partial charge in [0.05, 0.1) is 0 Å². The Kier molecular flexibility index (Phi) is 22.8. The Morgan fingerprint density at radius 1 is 1.44 bits per heavy atom. The second-order valence-electron chi connectivity index (χ2n) is 1.56. The van der Waals surface area contributed by atoms with E-state index in [0.29, 0.717) is 11.3 Å². The maximum absolute atomic E-state index is 10.0. The molecule has 2 nitrogen and oxygen atoms in total. The molecular formula is C5H13NNa2O. The van der Waals surface area contributed by atoms with Crippen LogP contribution in [0.15, 0.2) is 0 Å². The maximum atomic E-state index is 10.0. The van der Waals surface area contributed by atoms with Gasteiger partial charge in [-0.05, 0) is 0 Å². The Morgan fingerprint density at radius 2 is 1.89 bits per heavy atom. The standard InChI is InChI=1S/C5H11NO.2Na.2H/c1-3-4-5-6(2)7;;;;/h2-5H2,1H3;;;;. The summed E-state index contributed by atoms with van der Waals surface area (Å²) in [5.41, 5.74) is 0. The van der Waals surface area contributed by atoms with Crippen LogP contribution in [-0.2, 0) is 0 Å². The fourth-order valence-electron chi connectivity index (χ4n) is 0.334. The summed E-state index contributed by atoms with van der Waals surface area (Å²) in [6.45, 7) is 5.76. The zero-order valence-electron chi connectivity index (χ0n) is 4.68. The van der Waals surface area contributed by atoms with Gasteiger partial charge in [-0.1, -0.05) is 13.3 Å². The Bertz CT molecular complexity index is 68.0. The quantitative estimate of drug-likeness (QED) is 0.178. The van der Waals surface area contributed by atoms with Crippen LogP contribution in [0.4, 0.5) is 0 Å². The van der Waals surface area contributed by atoms with E-state index in [-0.39, 0.29) is 59.1 Å². The SMILES string of the molecule is C=[N+]([O-])CCCC.[NaH].[NaH]. The molecule has 0 aromatic heterocycles. The molecule has 0 aromatic carbocycles. The summed E-state index contributed by atoms with van der Waals surface area (Å²) < 4.78 is 0.712. The topological polar surface area (TPSA) is 26.1 Å². The molecule has 4 heteroatoms. The van der Waals surface area contributed by atoms with E-state index in [1.54, 1.807) is 0 Å². The van der Waals surface area contributed by atoms with Crippen molar-refractivity contribution in [3.63, 3.8) is 0 Å². The zero-order chi connectivity index (χ0) is 5.70. The van der Waals surface area contributed by atoms with Crippen LogP contribution in [0.25, 0.3) is 0 Å². The second-order valence-corrected chi connectivity index (χ2v) is 1.56. The first-order valence-corrected chi connectivity index (χ1v) is 2.52. The van der Waals surface area contributed by atoms with Gasteiger partial charge >= 0.3 is 59.1 Å². The number of hydrogen-bond donors (Lipinski definition) is 0. The van der Waals surface area contributed by atoms with Crippen LogP contribution in [0.2, 0.25) is 0 Å². The molecule has 0 aliphatic rings. The van der Waals surface area contributed by atoms with Gasteiger partial charge in [-0.25, -0.2) is 4.74 Å². The normalized spacial score (nSPS) is 6.78. The first-order chi connectivity index (χ1) is 3.27. The van der Waals surface area contributed by atoms with Gasteiger partial charge in [0.25, 0.3) is 0 Å². The fourth-order valence-corrected chi connectivity index (χ4v) is 0.334. The van der Waals surface area contributed by atoms with Crippen LogP contribution in [0.5, 0.6) is 0 Å². The summed E-state index contributed by atoms with van der Waals surface area (Å²) in [4.78, 5) is 0. The molecule has 0 aromatic rings. The predicted molar refractivity (Wildman–Crippen MR) is 44.8 cm³/mol. The number of rotatable bonds is 3. The molecule has 0 atom stereocenters. The van der Waals surface area contributed by atoms with Crippen molar-refractivity contribution in [2.24, 2.45) is 0 Å². The van der Waals surface area contributed by atoms with E-state index >= 15 is 0 Å². The van der Waals surface area contributed by atoms with Crippen molar-refractivity contribution in [3.05, 3.63) is 5.21 Å². The van der Waals surface area contributed by atoms with Gasteiger partial charge in [0.1, 0.15) is 6.72 Å². The Morgan fingerprint density at radius 3 is 2.00 bits per heavy atom. The molecule has 46 valence electrons. The summed E-state index contributed by atoms with van der Waals surface area (Å²) in [5, 5.41) is 10.0. The molecule has 0 saturated heterocycles. The molecule has 0 aliphatic carbocycles. The Labute approximate surface area is 101 Å². The van der Waals surface area contributed by atoms with Crippen molar-refractivity contribution in [1.82, 2.24) is 0 Å². The number of hydrogen-bond acceptors (Lipinski definition) is 1. The van der Waals surface area contributed by atoms with E-state index in [9.17, 15) is 5.21 Å². The molecule has 0 N–H and O–H groups in total. The molecule has 9 heavy (non-hydrogen) atoms. The molecule has 0 radical (unpaired) electrons. The van der Waals surface area contributed by atoms with Crippen LogP contribution in [0.3, 0.4) is 0 Å².